The second-order valence-corrected chi connectivity index (χ2v) is 8.45. The third-order valence-electron chi connectivity index (χ3n) is 6.98. The van der Waals surface area contributed by atoms with E-state index in [1.807, 2.05) is 0 Å². The largest absolute Gasteiger partial charge is 0.469 e. The molecule has 3 nitrogen and oxygen atoms in total. The molecule has 0 aromatic rings. The van der Waals surface area contributed by atoms with Crippen molar-refractivity contribution in [3.05, 3.63) is 12.2 Å². The lowest BCUT2D eigenvalue weighted by molar-refractivity contribution is -0.155. The molecule has 0 radical (unpaired) electrons. The standard InChI is InChI=1S/C19H28O3/c1-13(20)14-5-8-19-10-9-17(2,12-19)7-6-15(19)18(14,3)11-16(21)22-4/h9-10,14-15H,5-8,11-12H2,1-4H3. The van der Waals surface area contributed by atoms with Gasteiger partial charge in [-0.2, -0.15) is 0 Å². The monoisotopic (exact) mass is 304 g/mol. The zero-order valence-corrected chi connectivity index (χ0v) is 14.3. The molecule has 3 aliphatic carbocycles. The summed E-state index contributed by atoms with van der Waals surface area (Å²) in [5.41, 5.74) is 0.251. The lowest BCUT2D eigenvalue weighted by Crippen LogP contribution is -2.53. The molecular weight excluding hydrogens is 276 g/mol. The molecule has 0 aromatic heterocycles. The molecule has 2 saturated carbocycles. The van der Waals surface area contributed by atoms with Gasteiger partial charge in [0, 0.05) is 5.92 Å². The predicted molar refractivity (Wildman–Crippen MR) is 85.2 cm³/mol. The fourth-order valence-corrected chi connectivity index (χ4v) is 6.02. The number of carbonyl (C=O) groups excluding carboxylic acids is 2. The Labute approximate surface area is 133 Å². The van der Waals surface area contributed by atoms with Crippen molar-refractivity contribution < 1.29 is 14.3 Å². The Balaban J connectivity index is 1.99. The number of ether oxygens (including phenoxy) is 1. The number of methoxy groups -OCH3 is 1. The molecule has 5 unspecified atom stereocenters. The molecule has 0 N–H and O–H groups in total. The lowest BCUT2D eigenvalue weighted by atomic mass is 9.45. The van der Waals surface area contributed by atoms with Crippen molar-refractivity contribution >= 4 is 11.8 Å². The normalized spacial score (nSPS) is 46.2. The Morgan fingerprint density at radius 2 is 1.91 bits per heavy atom. The molecule has 0 heterocycles. The highest BCUT2D eigenvalue weighted by Gasteiger charge is 2.61. The molecule has 0 saturated heterocycles. The maximum Gasteiger partial charge on any atom is 0.306 e. The van der Waals surface area contributed by atoms with Gasteiger partial charge in [0.2, 0.25) is 0 Å². The fourth-order valence-electron chi connectivity index (χ4n) is 6.02. The van der Waals surface area contributed by atoms with Crippen molar-refractivity contribution in [2.75, 3.05) is 7.11 Å². The third-order valence-corrected chi connectivity index (χ3v) is 6.98. The first-order valence-electron chi connectivity index (χ1n) is 8.52. The first kappa shape index (κ1) is 15.8. The van der Waals surface area contributed by atoms with Gasteiger partial charge in [0.25, 0.3) is 0 Å². The summed E-state index contributed by atoms with van der Waals surface area (Å²) in [4.78, 5) is 24.3. The summed E-state index contributed by atoms with van der Waals surface area (Å²) in [6.45, 7) is 6.20. The van der Waals surface area contributed by atoms with E-state index in [1.54, 1.807) is 6.92 Å². The summed E-state index contributed by atoms with van der Waals surface area (Å²) in [7, 11) is 1.44. The highest BCUT2D eigenvalue weighted by atomic mass is 16.5. The van der Waals surface area contributed by atoms with Crippen LogP contribution in [0.25, 0.3) is 0 Å². The van der Waals surface area contributed by atoms with Crippen LogP contribution in [0.1, 0.15) is 59.3 Å². The number of allylic oxidation sites excluding steroid dienone is 2. The fraction of sp³-hybridized carbons (Fsp3) is 0.789. The van der Waals surface area contributed by atoms with Crippen LogP contribution in [0.4, 0.5) is 0 Å². The molecule has 0 amide bonds. The molecule has 3 heteroatoms. The van der Waals surface area contributed by atoms with E-state index >= 15 is 0 Å². The minimum absolute atomic E-state index is 0.0134. The molecule has 2 bridgehead atoms. The Hall–Kier alpha value is -1.12. The first-order chi connectivity index (χ1) is 10.2. The summed E-state index contributed by atoms with van der Waals surface area (Å²) >= 11 is 0. The summed E-state index contributed by atoms with van der Waals surface area (Å²) in [6, 6.07) is 0. The van der Waals surface area contributed by atoms with Gasteiger partial charge < -0.3 is 4.74 Å². The quantitative estimate of drug-likeness (QED) is 0.586. The number of carbonyl (C=O) groups is 2. The van der Waals surface area contributed by atoms with Crippen molar-refractivity contribution in [2.24, 2.45) is 28.1 Å². The van der Waals surface area contributed by atoms with E-state index in [2.05, 4.69) is 26.0 Å². The Morgan fingerprint density at radius 3 is 2.55 bits per heavy atom. The van der Waals surface area contributed by atoms with E-state index in [4.69, 9.17) is 4.74 Å². The zero-order chi connectivity index (χ0) is 16.2. The van der Waals surface area contributed by atoms with E-state index in [-0.39, 0.29) is 28.5 Å². The number of fused-ring (bicyclic) bond motifs is 1. The van der Waals surface area contributed by atoms with Gasteiger partial charge in [-0.25, -0.2) is 0 Å². The van der Waals surface area contributed by atoms with E-state index in [0.717, 1.165) is 25.7 Å². The number of hydrogen-bond acceptors (Lipinski definition) is 3. The van der Waals surface area contributed by atoms with Crippen molar-refractivity contribution in [3.63, 3.8) is 0 Å². The number of esters is 1. The average molecular weight is 304 g/mol. The van der Waals surface area contributed by atoms with Crippen molar-refractivity contribution in [2.45, 2.75) is 59.3 Å². The van der Waals surface area contributed by atoms with Crippen LogP contribution >= 0.6 is 0 Å². The first-order valence-corrected chi connectivity index (χ1v) is 8.52. The minimum Gasteiger partial charge on any atom is -0.469 e. The van der Waals surface area contributed by atoms with Crippen LogP contribution in [0.2, 0.25) is 0 Å². The molecule has 0 aromatic carbocycles. The SMILES string of the molecule is COC(=O)CC1(C)C(C(C)=O)CCC23C=CC(C)(CCC21)C3. The smallest absolute Gasteiger partial charge is 0.306 e. The highest BCUT2D eigenvalue weighted by molar-refractivity contribution is 5.81. The Morgan fingerprint density at radius 1 is 1.18 bits per heavy atom. The van der Waals surface area contributed by atoms with Crippen LogP contribution in [-0.2, 0) is 14.3 Å². The number of hydrogen-bond donors (Lipinski definition) is 0. The summed E-state index contributed by atoms with van der Waals surface area (Å²) in [6.07, 6.45) is 10.6. The number of ketones is 1. The van der Waals surface area contributed by atoms with E-state index < -0.39 is 0 Å². The van der Waals surface area contributed by atoms with Crippen molar-refractivity contribution in [1.82, 2.24) is 0 Å². The molecular formula is C19H28O3. The summed E-state index contributed by atoms with van der Waals surface area (Å²) < 4.78 is 4.95. The molecule has 3 aliphatic rings. The predicted octanol–water partition coefficient (Wildman–Crippen LogP) is 3.92. The minimum atomic E-state index is -0.271. The van der Waals surface area contributed by atoms with E-state index in [0.29, 0.717) is 17.8 Å². The van der Waals surface area contributed by atoms with Gasteiger partial charge in [-0.05, 0) is 61.2 Å². The summed E-state index contributed by atoms with van der Waals surface area (Å²) in [5, 5.41) is 0. The zero-order valence-electron chi connectivity index (χ0n) is 14.3. The molecule has 1 spiro atoms. The van der Waals surface area contributed by atoms with Gasteiger partial charge in [0.15, 0.2) is 0 Å². The van der Waals surface area contributed by atoms with Gasteiger partial charge >= 0.3 is 5.97 Å². The maximum absolute atomic E-state index is 12.3. The number of Topliss-reactive ketones (excluding diaryl/α,β-unsaturated/α-hetero) is 1. The van der Waals surface area contributed by atoms with Crippen LogP contribution in [0.5, 0.6) is 0 Å². The van der Waals surface area contributed by atoms with E-state index in [9.17, 15) is 9.59 Å². The molecule has 3 rings (SSSR count). The van der Waals surface area contributed by atoms with Gasteiger partial charge in [-0.3, -0.25) is 9.59 Å². The maximum atomic E-state index is 12.3. The van der Waals surface area contributed by atoms with Crippen LogP contribution in [0.15, 0.2) is 12.2 Å². The van der Waals surface area contributed by atoms with Crippen molar-refractivity contribution in [3.8, 4) is 0 Å². The average Bonchev–Trinajstić information content (AvgIpc) is 2.68. The second-order valence-electron chi connectivity index (χ2n) is 8.45. The third kappa shape index (κ3) is 2.16. The van der Waals surface area contributed by atoms with Crippen LogP contribution in [-0.4, -0.2) is 18.9 Å². The summed E-state index contributed by atoms with van der Waals surface area (Å²) in [5.74, 6) is 0.451. The van der Waals surface area contributed by atoms with Gasteiger partial charge in [-0.1, -0.05) is 26.0 Å². The van der Waals surface area contributed by atoms with Crippen LogP contribution in [0.3, 0.4) is 0 Å². The molecule has 122 valence electrons. The lowest BCUT2D eigenvalue weighted by Gasteiger charge is -2.58. The van der Waals surface area contributed by atoms with E-state index in [1.165, 1.54) is 13.5 Å². The molecule has 0 aliphatic heterocycles. The van der Waals surface area contributed by atoms with Gasteiger partial charge in [0.1, 0.15) is 5.78 Å². The van der Waals surface area contributed by atoms with Crippen LogP contribution < -0.4 is 0 Å². The van der Waals surface area contributed by atoms with Gasteiger partial charge in [0.05, 0.1) is 13.5 Å². The highest BCUT2D eigenvalue weighted by Crippen LogP contribution is 2.67. The van der Waals surface area contributed by atoms with Gasteiger partial charge in [-0.15, -0.1) is 0 Å². The second kappa shape index (κ2) is 4.94. The molecule has 5 atom stereocenters. The van der Waals surface area contributed by atoms with Crippen molar-refractivity contribution in [1.29, 1.82) is 0 Å². The Kier molecular flexibility index (Phi) is 3.54. The topological polar surface area (TPSA) is 43.4 Å². The molecule has 2 fully saturated rings. The molecule has 22 heavy (non-hydrogen) atoms. The Bertz CT molecular complexity index is 537. The van der Waals surface area contributed by atoms with Crippen LogP contribution in [0, 0.1) is 28.1 Å². The number of rotatable bonds is 3.